The number of aromatic nitrogens is 2. The number of esters is 2. The van der Waals surface area contributed by atoms with E-state index in [1.807, 2.05) is 6.07 Å². The van der Waals surface area contributed by atoms with Gasteiger partial charge in [0.2, 0.25) is 0 Å². The van der Waals surface area contributed by atoms with E-state index in [1.54, 1.807) is 65.9 Å². The van der Waals surface area contributed by atoms with Crippen molar-refractivity contribution < 1.29 is 42.5 Å². The van der Waals surface area contributed by atoms with Crippen molar-refractivity contribution in [2.45, 2.75) is 57.8 Å². The highest BCUT2D eigenvalue weighted by molar-refractivity contribution is 14.1. The topological polar surface area (TPSA) is 184 Å². The first-order valence-corrected chi connectivity index (χ1v) is 17.1. The predicted molar refractivity (Wildman–Crippen MR) is 171 cm³/mol. The molecule has 2 aromatic carbocycles. The lowest BCUT2D eigenvalue weighted by atomic mass is 9.96. The number of benzene rings is 2. The van der Waals surface area contributed by atoms with E-state index in [4.69, 9.17) is 23.3 Å². The summed E-state index contributed by atoms with van der Waals surface area (Å²) in [5.41, 5.74) is -1.37. The van der Waals surface area contributed by atoms with Crippen molar-refractivity contribution in [3.8, 4) is 5.75 Å². The number of carbonyl (C=O) groups is 2. The van der Waals surface area contributed by atoms with Gasteiger partial charge in [0.1, 0.15) is 36.3 Å². The van der Waals surface area contributed by atoms with Gasteiger partial charge in [-0.05, 0) is 67.0 Å². The molecule has 3 aromatic rings. The summed E-state index contributed by atoms with van der Waals surface area (Å²) >= 11 is 1.79. The second-order valence-electron chi connectivity index (χ2n) is 10.9. The maximum absolute atomic E-state index is 14.3. The Bertz CT molecular complexity index is 1740. The molecule has 1 unspecified atom stereocenters. The second kappa shape index (κ2) is 14.2. The lowest BCUT2D eigenvalue weighted by Crippen LogP contribution is -2.37. The van der Waals surface area contributed by atoms with Crippen LogP contribution >= 0.6 is 30.3 Å². The molecule has 3 N–H and O–H groups in total. The fraction of sp³-hybridized carbons (Fsp3) is 0.400. The summed E-state index contributed by atoms with van der Waals surface area (Å²) < 4.78 is 43.9. The van der Waals surface area contributed by atoms with E-state index in [9.17, 15) is 28.8 Å². The average Bonchev–Trinajstić information content (AvgIpc) is 3.79. The highest BCUT2D eigenvalue weighted by Crippen LogP contribution is 2.62. The highest BCUT2D eigenvalue weighted by atomic mass is 127. The van der Waals surface area contributed by atoms with Crippen LogP contribution < -0.4 is 20.9 Å². The van der Waals surface area contributed by atoms with Crippen molar-refractivity contribution in [2.24, 2.45) is 5.41 Å². The van der Waals surface area contributed by atoms with Gasteiger partial charge in [-0.2, -0.15) is 5.09 Å². The first-order chi connectivity index (χ1) is 22.0. The largest absolute Gasteiger partial charge is 0.462 e. The van der Waals surface area contributed by atoms with Crippen LogP contribution in [0.3, 0.4) is 0 Å². The number of rotatable bonds is 13. The van der Waals surface area contributed by atoms with Gasteiger partial charge in [-0.25, -0.2) is 14.2 Å². The standard InChI is InChI=1S/C30H33IN3O11P/c1-3-41-27(38)20-11-7-8-12-22(20)45-46(40,33-18(2)26(37)42-16-19-9-5-4-6-10-19)43-17-23-24(35)30(13-14-30)28(44-23)34-15-21(31)25(36)32-29(34)39/h4-12,15,18,23-24,28,35H,3,13-14,16-17H2,1-2H3,(H,33,40)(H,32,36,39)/t18-,23+,24+,28+,46?/m0/s1. The van der Waals surface area contributed by atoms with Crippen LogP contribution in [0.4, 0.5) is 0 Å². The summed E-state index contributed by atoms with van der Waals surface area (Å²) in [5.74, 6) is -1.62. The number of ether oxygens (including phenoxy) is 3. The molecule has 1 saturated heterocycles. The van der Waals surface area contributed by atoms with Gasteiger partial charge in [0, 0.05) is 11.6 Å². The minimum absolute atomic E-state index is 0.0297. The van der Waals surface area contributed by atoms with E-state index in [0.717, 1.165) is 5.56 Å². The number of H-pyrrole nitrogens is 1. The summed E-state index contributed by atoms with van der Waals surface area (Å²) in [6.07, 6.45) is -0.737. The molecule has 0 radical (unpaired) electrons. The third kappa shape index (κ3) is 7.45. The Morgan fingerprint density at radius 3 is 2.54 bits per heavy atom. The summed E-state index contributed by atoms with van der Waals surface area (Å²) in [7, 11) is -4.52. The maximum atomic E-state index is 14.3. The van der Waals surface area contributed by atoms with E-state index in [1.165, 1.54) is 29.8 Å². The van der Waals surface area contributed by atoms with Crippen LogP contribution in [-0.2, 0) is 34.7 Å². The van der Waals surface area contributed by atoms with Gasteiger partial charge in [0.05, 0.1) is 22.9 Å². The maximum Gasteiger partial charge on any atom is 0.459 e. The number of halogens is 1. The zero-order valence-electron chi connectivity index (χ0n) is 24.9. The molecule has 2 aliphatic rings. The molecule has 1 aliphatic heterocycles. The normalized spacial score (nSPS) is 21.7. The van der Waals surface area contributed by atoms with Crippen LogP contribution in [0.25, 0.3) is 0 Å². The Labute approximate surface area is 277 Å². The van der Waals surface area contributed by atoms with Crippen molar-refractivity contribution in [3.05, 3.63) is 96.3 Å². The lowest BCUT2D eigenvalue weighted by molar-refractivity contribution is -0.146. The molecule has 16 heteroatoms. The zero-order valence-corrected chi connectivity index (χ0v) is 28.0. The van der Waals surface area contributed by atoms with Crippen molar-refractivity contribution in [3.63, 3.8) is 0 Å². The molecule has 1 saturated carbocycles. The van der Waals surface area contributed by atoms with Crippen molar-refractivity contribution in [2.75, 3.05) is 13.2 Å². The highest BCUT2D eigenvalue weighted by Gasteiger charge is 2.64. The third-order valence-corrected chi connectivity index (χ3v) is 10.1. The first kappa shape index (κ1) is 34.0. The van der Waals surface area contributed by atoms with Gasteiger partial charge in [-0.1, -0.05) is 42.5 Å². The molecule has 46 heavy (non-hydrogen) atoms. The smallest absolute Gasteiger partial charge is 0.459 e. The SMILES string of the molecule is CCOC(=O)c1ccccc1OP(=O)(N[C@@H](C)C(=O)OCc1ccccc1)OC[C@H]1O[C@@H](n2cc(I)c(=O)[nH]c2=O)C2(CC2)[C@@H]1O. The minimum Gasteiger partial charge on any atom is -0.462 e. The fourth-order valence-electron chi connectivity index (χ4n) is 5.15. The molecular formula is C30H33IN3O11P. The molecule has 1 aromatic heterocycles. The zero-order chi connectivity index (χ0) is 33.1. The van der Waals surface area contributed by atoms with Crippen LogP contribution in [0.1, 0.15) is 48.8 Å². The number of nitrogens with zero attached hydrogens (tertiary/aromatic N) is 1. The van der Waals surface area contributed by atoms with E-state index in [0.29, 0.717) is 12.8 Å². The minimum atomic E-state index is -4.52. The second-order valence-corrected chi connectivity index (χ2v) is 13.7. The molecule has 0 amide bonds. The molecule has 2 heterocycles. The average molecular weight is 769 g/mol. The molecule has 246 valence electrons. The Hall–Kier alpha value is -3.34. The van der Waals surface area contributed by atoms with Gasteiger partial charge in [0.25, 0.3) is 5.56 Å². The lowest BCUT2D eigenvalue weighted by Gasteiger charge is -2.25. The van der Waals surface area contributed by atoms with Crippen LogP contribution in [0, 0.1) is 8.99 Å². The molecule has 1 aliphatic carbocycles. The number of carbonyl (C=O) groups excluding carboxylic acids is 2. The number of nitrogens with one attached hydrogen (secondary N) is 2. The molecule has 5 atom stereocenters. The van der Waals surface area contributed by atoms with Crippen molar-refractivity contribution >= 4 is 42.3 Å². The van der Waals surface area contributed by atoms with Gasteiger partial charge >= 0.3 is 25.4 Å². The van der Waals surface area contributed by atoms with E-state index < -0.39 is 67.4 Å². The number of aliphatic hydroxyl groups excluding tert-OH is 1. The summed E-state index contributed by atoms with van der Waals surface area (Å²) in [6.45, 7) is 2.60. The van der Waals surface area contributed by atoms with Crippen LogP contribution in [-0.4, -0.2) is 58.1 Å². The Morgan fingerprint density at radius 1 is 1.15 bits per heavy atom. The molecular weight excluding hydrogens is 736 g/mol. The number of hydrogen-bond donors (Lipinski definition) is 3. The van der Waals surface area contributed by atoms with Gasteiger partial charge in [0.15, 0.2) is 0 Å². The Kier molecular flexibility index (Phi) is 10.5. The molecule has 5 rings (SSSR count). The molecule has 1 spiro atoms. The van der Waals surface area contributed by atoms with Crippen LogP contribution in [0.15, 0.2) is 70.4 Å². The quantitative estimate of drug-likeness (QED) is 0.131. The first-order valence-electron chi connectivity index (χ1n) is 14.5. The molecule has 0 bridgehead atoms. The molecule has 14 nitrogen and oxygen atoms in total. The van der Waals surface area contributed by atoms with Gasteiger partial charge < -0.3 is 23.8 Å². The molecule has 2 fully saturated rings. The number of aromatic amines is 1. The monoisotopic (exact) mass is 769 g/mol. The van der Waals surface area contributed by atoms with E-state index in [2.05, 4.69) is 10.1 Å². The van der Waals surface area contributed by atoms with E-state index >= 15 is 0 Å². The number of hydrogen-bond acceptors (Lipinski definition) is 11. The van der Waals surface area contributed by atoms with Crippen molar-refractivity contribution in [1.82, 2.24) is 14.6 Å². The summed E-state index contributed by atoms with van der Waals surface area (Å²) in [6, 6.07) is 13.7. The van der Waals surface area contributed by atoms with Gasteiger partial charge in [-0.3, -0.25) is 23.7 Å². The predicted octanol–water partition coefficient (Wildman–Crippen LogP) is 3.28. The number of para-hydroxylation sites is 1. The third-order valence-electron chi connectivity index (χ3n) is 7.68. The van der Waals surface area contributed by atoms with Crippen molar-refractivity contribution in [1.29, 1.82) is 0 Å². The van der Waals surface area contributed by atoms with Gasteiger partial charge in [-0.15, -0.1) is 0 Å². The fourth-order valence-corrected chi connectivity index (χ4v) is 7.10. The summed E-state index contributed by atoms with van der Waals surface area (Å²) in [5, 5.41) is 13.8. The number of aliphatic hydroxyl groups is 1. The van der Waals surface area contributed by atoms with E-state index in [-0.39, 0.29) is 28.1 Å². The Morgan fingerprint density at radius 2 is 1.85 bits per heavy atom. The van der Waals surface area contributed by atoms with Crippen LogP contribution in [0.5, 0.6) is 5.75 Å². The summed E-state index contributed by atoms with van der Waals surface area (Å²) in [4.78, 5) is 52.3. The van der Waals surface area contributed by atoms with Crippen LogP contribution in [0.2, 0.25) is 0 Å². The Balaban J connectivity index is 1.36.